The van der Waals surface area contributed by atoms with Gasteiger partial charge in [0.15, 0.2) is 0 Å². The van der Waals surface area contributed by atoms with Gasteiger partial charge in [-0.25, -0.2) is 8.42 Å². The molecule has 0 bridgehead atoms. The van der Waals surface area contributed by atoms with E-state index in [9.17, 15) is 8.42 Å². The van der Waals surface area contributed by atoms with Crippen molar-refractivity contribution in [3.05, 3.63) is 75.4 Å². The van der Waals surface area contributed by atoms with E-state index in [1.165, 1.54) is 4.31 Å². The zero-order valence-electron chi connectivity index (χ0n) is 14.5. The van der Waals surface area contributed by atoms with Crippen molar-refractivity contribution in [1.82, 2.24) is 4.31 Å². The van der Waals surface area contributed by atoms with Gasteiger partial charge in [0.1, 0.15) is 5.76 Å². The van der Waals surface area contributed by atoms with Crippen LogP contribution >= 0.6 is 11.3 Å². The van der Waals surface area contributed by atoms with E-state index < -0.39 is 10.0 Å². The van der Waals surface area contributed by atoms with Crippen molar-refractivity contribution in [3.8, 4) is 0 Å². The first-order chi connectivity index (χ1) is 11.9. The van der Waals surface area contributed by atoms with Crippen LogP contribution < -0.4 is 0 Å². The van der Waals surface area contributed by atoms with E-state index in [1.54, 1.807) is 29.7 Å². The van der Waals surface area contributed by atoms with Crippen LogP contribution in [0.3, 0.4) is 0 Å². The molecule has 0 amide bonds. The Balaban J connectivity index is 2.04. The molecule has 0 saturated heterocycles. The maximum Gasteiger partial charge on any atom is 0.244 e. The zero-order valence-corrected chi connectivity index (χ0v) is 16.2. The minimum Gasteiger partial charge on any atom is -0.468 e. The van der Waals surface area contributed by atoms with E-state index in [0.717, 1.165) is 22.3 Å². The predicted molar refractivity (Wildman–Crippen MR) is 100 cm³/mol. The van der Waals surface area contributed by atoms with Crippen molar-refractivity contribution < 1.29 is 12.8 Å². The molecule has 0 N–H and O–H groups in total. The number of benzene rings is 1. The Bertz CT molecular complexity index is 883. The number of hydrogen-bond acceptors (Lipinski definition) is 4. The average molecular weight is 376 g/mol. The summed E-state index contributed by atoms with van der Waals surface area (Å²) >= 11 is 1.56. The highest BCUT2D eigenvalue weighted by molar-refractivity contribution is 7.89. The van der Waals surface area contributed by atoms with E-state index in [-0.39, 0.29) is 6.54 Å². The Morgan fingerprint density at radius 1 is 1.08 bits per heavy atom. The van der Waals surface area contributed by atoms with Gasteiger partial charge in [0, 0.05) is 6.54 Å². The van der Waals surface area contributed by atoms with Crippen LogP contribution in [-0.4, -0.2) is 12.7 Å². The number of hydrogen-bond donors (Lipinski definition) is 0. The standard InChI is InChI=1S/C19H21NO3S2/c1-14-9-15(2)19(16(3)10-14)25(21,22)20(11-17-6-8-24-13-17)12-18-5-4-7-23-18/h4-10,13H,11-12H2,1-3H3. The van der Waals surface area contributed by atoms with Crippen molar-refractivity contribution in [2.45, 2.75) is 38.8 Å². The van der Waals surface area contributed by atoms with Crippen LogP contribution in [0.15, 0.2) is 56.7 Å². The molecule has 2 heterocycles. The van der Waals surface area contributed by atoms with E-state index >= 15 is 0 Å². The number of sulfonamides is 1. The van der Waals surface area contributed by atoms with Gasteiger partial charge in [0.25, 0.3) is 0 Å². The molecule has 2 aromatic heterocycles. The lowest BCUT2D eigenvalue weighted by Gasteiger charge is -2.23. The summed E-state index contributed by atoms with van der Waals surface area (Å²) in [6.45, 7) is 6.20. The van der Waals surface area contributed by atoms with E-state index in [2.05, 4.69) is 0 Å². The molecule has 0 saturated carbocycles. The largest absolute Gasteiger partial charge is 0.468 e. The molecule has 132 valence electrons. The number of thiophene rings is 1. The Kier molecular flexibility index (Phi) is 5.13. The normalized spacial score (nSPS) is 12.0. The molecule has 0 aliphatic rings. The van der Waals surface area contributed by atoms with Crippen LogP contribution in [0.5, 0.6) is 0 Å². The summed E-state index contributed by atoms with van der Waals surface area (Å²) in [5.41, 5.74) is 3.58. The van der Waals surface area contributed by atoms with Crippen molar-refractivity contribution in [1.29, 1.82) is 0 Å². The van der Waals surface area contributed by atoms with Crippen molar-refractivity contribution in [2.75, 3.05) is 0 Å². The van der Waals surface area contributed by atoms with Crippen LogP contribution in [0.2, 0.25) is 0 Å². The molecule has 0 aliphatic carbocycles. The second-order valence-electron chi connectivity index (χ2n) is 6.21. The van der Waals surface area contributed by atoms with Gasteiger partial charge in [-0.3, -0.25) is 0 Å². The highest BCUT2D eigenvalue weighted by atomic mass is 32.2. The quantitative estimate of drug-likeness (QED) is 0.630. The summed E-state index contributed by atoms with van der Waals surface area (Å²) < 4.78 is 33.7. The van der Waals surface area contributed by atoms with Gasteiger partial charge in [-0.15, -0.1) is 0 Å². The number of rotatable bonds is 6. The fraction of sp³-hybridized carbons (Fsp3) is 0.263. The molecular weight excluding hydrogens is 354 g/mol. The lowest BCUT2D eigenvalue weighted by atomic mass is 10.1. The smallest absolute Gasteiger partial charge is 0.244 e. The highest BCUT2D eigenvalue weighted by Crippen LogP contribution is 2.28. The highest BCUT2D eigenvalue weighted by Gasteiger charge is 2.29. The van der Waals surface area contributed by atoms with E-state index in [0.29, 0.717) is 17.2 Å². The van der Waals surface area contributed by atoms with Crippen molar-refractivity contribution in [3.63, 3.8) is 0 Å². The summed E-state index contributed by atoms with van der Waals surface area (Å²) in [4.78, 5) is 0.389. The molecule has 1 aromatic carbocycles. The van der Waals surface area contributed by atoms with Crippen molar-refractivity contribution >= 4 is 21.4 Å². The SMILES string of the molecule is Cc1cc(C)c(S(=O)(=O)N(Cc2ccsc2)Cc2ccco2)c(C)c1. The first kappa shape index (κ1) is 17.9. The summed E-state index contributed by atoms with van der Waals surface area (Å²) in [7, 11) is -3.65. The van der Waals surface area contributed by atoms with Crippen LogP contribution in [0, 0.1) is 20.8 Å². The van der Waals surface area contributed by atoms with Gasteiger partial charge in [0.2, 0.25) is 10.0 Å². The number of furan rings is 1. The molecule has 0 spiro atoms. The molecule has 0 atom stereocenters. The number of nitrogens with zero attached hydrogens (tertiary/aromatic N) is 1. The Labute approximate surface area is 152 Å². The molecular formula is C19H21NO3S2. The third-order valence-electron chi connectivity index (χ3n) is 4.05. The summed E-state index contributed by atoms with van der Waals surface area (Å²) in [5.74, 6) is 0.626. The van der Waals surface area contributed by atoms with Crippen LogP contribution in [-0.2, 0) is 23.1 Å². The van der Waals surface area contributed by atoms with Gasteiger partial charge < -0.3 is 4.42 Å². The first-order valence-electron chi connectivity index (χ1n) is 7.99. The van der Waals surface area contributed by atoms with E-state index in [4.69, 9.17) is 4.42 Å². The molecule has 3 rings (SSSR count). The van der Waals surface area contributed by atoms with Crippen molar-refractivity contribution in [2.24, 2.45) is 0 Å². The maximum absolute atomic E-state index is 13.4. The Morgan fingerprint density at radius 2 is 1.80 bits per heavy atom. The molecule has 25 heavy (non-hydrogen) atoms. The minimum atomic E-state index is -3.65. The van der Waals surface area contributed by atoms with Gasteiger partial charge >= 0.3 is 0 Å². The lowest BCUT2D eigenvalue weighted by Crippen LogP contribution is -2.31. The lowest BCUT2D eigenvalue weighted by molar-refractivity contribution is 0.358. The third-order valence-corrected chi connectivity index (χ3v) is 6.88. The van der Waals surface area contributed by atoms with Gasteiger partial charge in [-0.05, 0) is 66.4 Å². The van der Waals surface area contributed by atoms with E-state index in [1.807, 2.05) is 49.7 Å². The Morgan fingerprint density at radius 3 is 2.36 bits per heavy atom. The molecule has 0 radical (unpaired) electrons. The van der Waals surface area contributed by atoms with Crippen LogP contribution in [0.1, 0.15) is 28.0 Å². The fourth-order valence-corrected chi connectivity index (χ4v) is 5.56. The second-order valence-corrected chi connectivity index (χ2v) is 8.87. The van der Waals surface area contributed by atoms with Crippen LogP contribution in [0.4, 0.5) is 0 Å². The maximum atomic E-state index is 13.4. The Hall–Kier alpha value is -1.89. The monoisotopic (exact) mass is 375 g/mol. The molecule has 4 nitrogen and oxygen atoms in total. The fourth-order valence-electron chi connectivity index (χ4n) is 3.09. The molecule has 6 heteroatoms. The topological polar surface area (TPSA) is 50.5 Å². The average Bonchev–Trinajstić information content (AvgIpc) is 3.18. The van der Waals surface area contributed by atoms with Crippen LogP contribution in [0.25, 0.3) is 0 Å². The predicted octanol–water partition coefficient (Wildman–Crippen LogP) is 4.66. The summed E-state index contributed by atoms with van der Waals surface area (Å²) in [6.07, 6.45) is 1.56. The second kappa shape index (κ2) is 7.15. The minimum absolute atomic E-state index is 0.206. The molecule has 0 aliphatic heterocycles. The zero-order chi connectivity index (χ0) is 18.0. The van der Waals surface area contributed by atoms with Gasteiger partial charge in [-0.2, -0.15) is 15.6 Å². The molecule has 0 unspecified atom stereocenters. The molecule has 0 fully saturated rings. The first-order valence-corrected chi connectivity index (χ1v) is 10.4. The third kappa shape index (κ3) is 3.86. The summed E-state index contributed by atoms with van der Waals surface area (Å²) in [5, 5.41) is 3.93. The summed E-state index contributed by atoms with van der Waals surface area (Å²) in [6, 6.07) is 9.34. The molecule has 3 aromatic rings. The van der Waals surface area contributed by atoms with Gasteiger partial charge in [0.05, 0.1) is 17.7 Å². The van der Waals surface area contributed by atoms with Gasteiger partial charge in [-0.1, -0.05) is 17.7 Å². The number of aryl methyl sites for hydroxylation is 3.